The van der Waals surface area contributed by atoms with Crippen molar-refractivity contribution in [2.24, 2.45) is 11.3 Å². The maximum atomic E-state index is 9.09. The zero-order chi connectivity index (χ0) is 10.6. The Bertz CT molecular complexity index is 215. The molecule has 0 aromatic rings. The van der Waals surface area contributed by atoms with Crippen LogP contribution in [-0.2, 0) is 0 Å². The smallest absolute Gasteiger partial charge is 0.0674 e. The molecule has 1 heterocycles. The highest BCUT2D eigenvalue weighted by molar-refractivity contribution is 4.98. The molecule has 80 valence electrons. The third kappa shape index (κ3) is 2.72. The molecule has 0 aliphatic carbocycles. The summed E-state index contributed by atoms with van der Waals surface area (Å²) in [6.45, 7) is 9.98. The lowest BCUT2D eigenvalue weighted by Crippen LogP contribution is -2.44. The predicted molar refractivity (Wildman–Crippen MR) is 58.8 cm³/mol. The van der Waals surface area contributed by atoms with Crippen molar-refractivity contribution in [3.05, 3.63) is 0 Å². The van der Waals surface area contributed by atoms with Crippen LogP contribution in [0.3, 0.4) is 0 Å². The number of nitrogens with zero attached hydrogens (tertiary/aromatic N) is 2. The molecule has 0 bridgehead atoms. The van der Waals surface area contributed by atoms with Gasteiger partial charge in [-0.1, -0.05) is 27.2 Å². The van der Waals surface area contributed by atoms with Gasteiger partial charge in [-0.05, 0) is 31.3 Å². The lowest BCUT2D eigenvalue weighted by Gasteiger charge is -2.40. The molecule has 2 nitrogen and oxygen atoms in total. The summed E-state index contributed by atoms with van der Waals surface area (Å²) in [6.07, 6.45) is 3.67. The SMILES string of the molecule is CCCCN1CCC(C)(C)C(C#N)C1. The van der Waals surface area contributed by atoms with E-state index in [1.807, 2.05) is 0 Å². The average molecular weight is 194 g/mol. The Morgan fingerprint density at radius 1 is 1.50 bits per heavy atom. The summed E-state index contributed by atoms with van der Waals surface area (Å²) < 4.78 is 0. The van der Waals surface area contributed by atoms with Crippen LogP contribution >= 0.6 is 0 Å². The van der Waals surface area contributed by atoms with Gasteiger partial charge in [0.2, 0.25) is 0 Å². The van der Waals surface area contributed by atoms with Crippen molar-refractivity contribution in [3.8, 4) is 6.07 Å². The van der Waals surface area contributed by atoms with Crippen molar-refractivity contribution in [2.75, 3.05) is 19.6 Å². The molecule has 1 unspecified atom stereocenters. The van der Waals surface area contributed by atoms with E-state index in [-0.39, 0.29) is 11.3 Å². The number of hydrogen-bond acceptors (Lipinski definition) is 2. The van der Waals surface area contributed by atoms with Crippen LogP contribution in [0.25, 0.3) is 0 Å². The van der Waals surface area contributed by atoms with Gasteiger partial charge in [0.25, 0.3) is 0 Å². The second kappa shape index (κ2) is 4.79. The Labute approximate surface area is 87.9 Å². The van der Waals surface area contributed by atoms with Gasteiger partial charge in [0, 0.05) is 6.54 Å². The van der Waals surface area contributed by atoms with E-state index in [0.717, 1.165) is 13.0 Å². The summed E-state index contributed by atoms with van der Waals surface area (Å²) in [4.78, 5) is 2.45. The third-order valence-corrected chi connectivity index (χ3v) is 3.44. The highest BCUT2D eigenvalue weighted by atomic mass is 15.1. The van der Waals surface area contributed by atoms with E-state index in [1.165, 1.54) is 25.9 Å². The van der Waals surface area contributed by atoms with Crippen molar-refractivity contribution in [1.29, 1.82) is 5.26 Å². The first-order valence-corrected chi connectivity index (χ1v) is 5.72. The van der Waals surface area contributed by atoms with Gasteiger partial charge < -0.3 is 4.90 Å². The van der Waals surface area contributed by atoms with Crippen molar-refractivity contribution in [1.82, 2.24) is 4.90 Å². The number of piperidine rings is 1. The lowest BCUT2D eigenvalue weighted by atomic mass is 9.74. The average Bonchev–Trinajstić information content (AvgIpc) is 2.16. The summed E-state index contributed by atoms with van der Waals surface area (Å²) in [6, 6.07) is 2.46. The monoisotopic (exact) mass is 194 g/mol. The van der Waals surface area contributed by atoms with Crippen LogP contribution in [0.15, 0.2) is 0 Å². The molecule has 0 aromatic carbocycles. The van der Waals surface area contributed by atoms with Gasteiger partial charge in [-0.25, -0.2) is 0 Å². The topological polar surface area (TPSA) is 27.0 Å². The molecule has 1 aliphatic rings. The lowest BCUT2D eigenvalue weighted by molar-refractivity contribution is 0.0902. The molecule has 2 heteroatoms. The maximum absolute atomic E-state index is 9.09. The molecule has 0 saturated carbocycles. The van der Waals surface area contributed by atoms with Gasteiger partial charge in [-0.15, -0.1) is 0 Å². The molecule has 14 heavy (non-hydrogen) atoms. The van der Waals surface area contributed by atoms with E-state index in [9.17, 15) is 0 Å². The van der Waals surface area contributed by atoms with Gasteiger partial charge in [0.05, 0.1) is 12.0 Å². The minimum Gasteiger partial charge on any atom is -0.302 e. The van der Waals surface area contributed by atoms with Crippen LogP contribution in [0.5, 0.6) is 0 Å². The normalized spacial score (nSPS) is 27.1. The van der Waals surface area contributed by atoms with Crippen LogP contribution in [0, 0.1) is 22.7 Å². The van der Waals surface area contributed by atoms with Crippen LogP contribution in [0.4, 0.5) is 0 Å². The quantitative estimate of drug-likeness (QED) is 0.690. The highest BCUT2D eigenvalue weighted by Gasteiger charge is 2.35. The zero-order valence-corrected chi connectivity index (χ0v) is 9.71. The van der Waals surface area contributed by atoms with Crippen LogP contribution in [0.2, 0.25) is 0 Å². The van der Waals surface area contributed by atoms with Crippen molar-refractivity contribution in [3.63, 3.8) is 0 Å². The van der Waals surface area contributed by atoms with Gasteiger partial charge in [0.15, 0.2) is 0 Å². The highest BCUT2D eigenvalue weighted by Crippen LogP contribution is 2.34. The fourth-order valence-corrected chi connectivity index (χ4v) is 2.02. The fraction of sp³-hybridized carbons (Fsp3) is 0.917. The molecule has 1 aliphatic heterocycles. The summed E-state index contributed by atoms with van der Waals surface area (Å²) >= 11 is 0. The van der Waals surface area contributed by atoms with E-state index < -0.39 is 0 Å². The van der Waals surface area contributed by atoms with Crippen LogP contribution < -0.4 is 0 Å². The van der Waals surface area contributed by atoms with E-state index in [4.69, 9.17) is 5.26 Å². The standard InChI is InChI=1S/C12H22N2/c1-4-5-7-14-8-6-12(2,3)11(9-13)10-14/h11H,4-8,10H2,1-3H3. The van der Waals surface area contributed by atoms with Crippen LogP contribution in [-0.4, -0.2) is 24.5 Å². The number of nitriles is 1. The Morgan fingerprint density at radius 2 is 2.21 bits per heavy atom. The number of hydrogen-bond donors (Lipinski definition) is 0. The van der Waals surface area contributed by atoms with E-state index in [1.54, 1.807) is 0 Å². The molecule has 0 amide bonds. The molecular formula is C12H22N2. The van der Waals surface area contributed by atoms with E-state index in [0.29, 0.717) is 0 Å². The Kier molecular flexibility index (Phi) is 3.95. The first-order chi connectivity index (χ1) is 6.60. The molecule has 1 atom stereocenters. The largest absolute Gasteiger partial charge is 0.302 e. The number of likely N-dealkylation sites (tertiary alicyclic amines) is 1. The Hall–Kier alpha value is -0.550. The van der Waals surface area contributed by atoms with E-state index in [2.05, 4.69) is 31.7 Å². The second-order valence-electron chi connectivity index (χ2n) is 5.07. The van der Waals surface area contributed by atoms with Crippen LogP contribution in [0.1, 0.15) is 40.0 Å². The minimum absolute atomic E-state index is 0.216. The predicted octanol–water partition coefficient (Wildman–Crippen LogP) is 2.66. The van der Waals surface area contributed by atoms with Gasteiger partial charge in [0.1, 0.15) is 0 Å². The molecule has 1 fully saturated rings. The summed E-state index contributed by atoms with van der Waals surface area (Å²) in [5.41, 5.74) is 0.220. The number of rotatable bonds is 3. The van der Waals surface area contributed by atoms with Crippen molar-refractivity contribution < 1.29 is 0 Å². The molecule has 0 radical (unpaired) electrons. The Morgan fingerprint density at radius 3 is 2.79 bits per heavy atom. The summed E-state index contributed by atoms with van der Waals surface area (Å²) in [7, 11) is 0. The third-order valence-electron chi connectivity index (χ3n) is 3.44. The number of unbranched alkanes of at least 4 members (excludes halogenated alkanes) is 1. The molecular weight excluding hydrogens is 172 g/mol. The second-order valence-corrected chi connectivity index (χ2v) is 5.07. The minimum atomic E-state index is 0.216. The van der Waals surface area contributed by atoms with Crippen molar-refractivity contribution in [2.45, 2.75) is 40.0 Å². The van der Waals surface area contributed by atoms with Gasteiger partial charge in [-0.2, -0.15) is 5.26 Å². The molecule has 1 saturated heterocycles. The zero-order valence-electron chi connectivity index (χ0n) is 9.71. The molecule has 0 aromatic heterocycles. The van der Waals surface area contributed by atoms with Gasteiger partial charge in [-0.3, -0.25) is 0 Å². The summed E-state index contributed by atoms with van der Waals surface area (Å²) in [5, 5.41) is 9.09. The van der Waals surface area contributed by atoms with Crippen molar-refractivity contribution >= 4 is 0 Å². The molecule has 1 rings (SSSR count). The van der Waals surface area contributed by atoms with Gasteiger partial charge >= 0.3 is 0 Å². The first-order valence-electron chi connectivity index (χ1n) is 5.72. The Balaban J connectivity index is 2.46. The fourth-order valence-electron chi connectivity index (χ4n) is 2.02. The van der Waals surface area contributed by atoms with E-state index >= 15 is 0 Å². The summed E-state index contributed by atoms with van der Waals surface area (Å²) in [5.74, 6) is 0.216. The molecule has 0 N–H and O–H groups in total. The molecule has 0 spiro atoms. The first kappa shape index (κ1) is 11.5. The maximum Gasteiger partial charge on any atom is 0.0674 e.